The van der Waals surface area contributed by atoms with Gasteiger partial charge >= 0.3 is 5.97 Å². The molecule has 0 unspecified atom stereocenters. The van der Waals surface area contributed by atoms with Gasteiger partial charge in [0.1, 0.15) is 5.69 Å². The highest BCUT2D eigenvalue weighted by Crippen LogP contribution is 2.26. The van der Waals surface area contributed by atoms with E-state index in [2.05, 4.69) is 24.1 Å². The minimum Gasteiger partial charge on any atom is -0.448 e. The molecule has 1 aromatic heterocycles. The summed E-state index contributed by atoms with van der Waals surface area (Å²) in [5, 5.41) is 3.81. The molecule has 0 spiro atoms. The second-order valence-electron chi connectivity index (χ2n) is 6.82. The number of esters is 1. The van der Waals surface area contributed by atoms with Gasteiger partial charge in [0.05, 0.1) is 5.52 Å². The summed E-state index contributed by atoms with van der Waals surface area (Å²) in [5.74, 6) is -0.676. The zero-order valence-electron chi connectivity index (χ0n) is 16.3. The lowest BCUT2D eigenvalue weighted by molar-refractivity contribution is -0.123. The minimum absolute atomic E-state index is 0.179. The Labute approximate surface area is 164 Å². The van der Waals surface area contributed by atoms with Crippen molar-refractivity contribution in [3.63, 3.8) is 0 Å². The van der Waals surface area contributed by atoms with Crippen LogP contribution in [0.4, 0.5) is 5.69 Å². The molecular formula is C23H24N2O3. The first kappa shape index (κ1) is 19.5. The Bertz CT molecular complexity index is 1000. The average Bonchev–Trinajstić information content (AvgIpc) is 2.73. The van der Waals surface area contributed by atoms with Gasteiger partial charge in [-0.2, -0.15) is 0 Å². The summed E-state index contributed by atoms with van der Waals surface area (Å²) in [6.07, 6.45) is 0.0242. The number of amides is 1. The molecule has 0 saturated carbocycles. The number of hydrogen-bond acceptors (Lipinski definition) is 4. The van der Waals surface area contributed by atoms with E-state index >= 15 is 0 Å². The zero-order chi connectivity index (χ0) is 20.1. The van der Waals surface area contributed by atoms with Gasteiger partial charge in [-0.15, -0.1) is 0 Å². The molecule has 0 radical (unpaired) electrons. The number of fused-ring (bicyclic) bond motifs is 1. The fraction of sp³-hybridized carbons (Fsp3) is 0.261. The largest absolute Gasteiger partial charge is 0.448 e. The van der Waals surface area contributed by atoms with Crippen LogP contribution in [0.5, 0.6) is 0 Å². The fourth-order valence-electron chi connectivity index (χ4n) is 2.95. The lowest BCUT2D eigenvalue weighted by atomic mass is 9.97. The third kappa shape index (κ3) is 4.36. The number of nitrogens with one attached hydrogen (secondary N) is 1. The number of carbonyl (C=O) groups is 2. The SMILES string of the molecule is CC[C@@H](C)c1ccccc1NC(=O)[C@@H](C)OC(=O)c1ccc2ccccc2n1. The van der Waals surface area contributed by atoms with E-state index < -0.39 is 12.1 Å². The number of para-hydroxylation sites is 2. The average molecular weight is 376 g/mol. The van der Waals surface area contributed by atoms with E-state index in [0.29, 0.717) is 11.4 Å². The van der Waals surface area contributed by atoms with E-state index in [4.69, 9.17) is 4.74 Å². The highest BCUT2D eigenvalue weighted by Gasteiger charge is 2.21. The van der Waals surface area contributed by atoms with Crippen LogP contribution in [0.25, 0.3) is 10.9 Å². The molecule has 2 aromatic carbocycles. The van der Waals surface area contributed by atoms with E-state index in [1.54, 1.807) is 13.0 Å². The Morgan fingerprint density at radius 2 is 1.71 bits per heavy atom. The van der Waals surface area contributed by atoms with Crippen molar-refractivity contribution in [2.75, 3.05) is 5.32 Å². The number of benzene rings is 2. The highest BCUT2D eigenvalue weighted by atomic mass is 16.5. The molecule has 5 heteroatoms. The quantitative estimate of drug-likeness (QED) is 0.619. The first-order valence-corrected chi connectivity index (χ1v) is 9.46. The van der Waals surface area contributed by atoms with Crippen molar-refractivity contribution in [2.24, 2.45) is 0 Å². The van der Waals surface area contributed by atoms with Gasteiger partial charge in [-0.3, -0.25) is 4.79 Å². The standard InChI is InChI=1S/C23H24N2O3/c1-4-15(2)18-10-6-8-12-20(18)25-22(26)16(3)28-23(27)21-14-13-17-9-5-7-11-19(17)24-21/h5-16H,4H2,1-3H3,(H,25,26)/t15-,16-/m1/s1. The van der Waals surface area contributed by atoms with Crippen molar-refractivity contribution in [3.05, 3.63) is 71.9 Å². The monoisotopic (exact) mass is 376 g/mol. The van der Waals surface area contributed by atoms with Crippen LogP contribution in [0.2, 0.25) is 0 Å². The van der Waals surface area contributed by atoms with Gasteiger partial charge in [0.25, 0.3) is 5.91 Å². The summed E-state index contributed by atoms with van der Waals surface area (Å²) in [6, 6.07) is 18.6. The minimum atomic E-state index is -0.939. The number of anilines is 1. The third-order valence-electron chi connectivity index (χ3n) is 4.82. The van der Waals surface area contributed by atoms with Crippen LogP contribution in [0, 0.1) is 0 Å². The molecule has 1 amide bonds. The summed E-state index contributed by atoms with van der Waals surface area (Å²) in [6.45, 7) is 5.77. The van der Waals surface area contributed by atoms with Crippen molar-refractivity contribution >= 4 is 28.5 Å². The normalized spacial score (nSPS) is 13.0. The molecule has 0 aliphatic heterocycles. The molecule has 0 aliphatic rings. The molecule has 0 saturated heterocycles. The molecule has 2 atom stereocenters. The maximum absolute atomic E-state index is 12.5. The zero-order valence-corrected chi connectivity index (χ0v) is 16.3. The Morgan fingerprint density at radius 3 is 2.50 bits per heavy atom. The third-order valence-corrected chi connectivity index (χ3v) is 4.82. The van der Waals surface area contributed by atoms with Crippen LogP contribution in [0.1, 0.15) is 49.2 Å². The molecule has 5 nitrogen and oxygen atoms in total. The molecule has 3 aromatic rings. The predicted octanol–water partition coefficient (Wildman–Crippen LogP) is 4.93. The molecule has 1 heterocycles. The highest BCUT2D eigenvalue weighted by molar-refractivity contribution is 5.98. The molecule has 28 heavy (non-hydrogen) atoms. The number of ether oxygens (including phenoxy) is 1. The Hall–Kier alpha value is -3.21. The number of pyridine rings is 1. The fourth-order valence-corrected chi connectivity index (χ4v) is 2.95. The van der Waals surface area contributed by atoms with E-state index in [1.807, 2.05) is 54.6 Å². The van der Waals surface area contributed by atoms with E-state index in [9.17, 15) is 9.59 Å². The summed E-state index contributed by atoms with van der Waals surface area (Å²) < 4.78 is 5.33. The number of aromatic nitrogens is 1. The first-order chi connectivity index (χ1) is 13.5. The van der Waals surface area contributed by atoms with Gasteiger partial charge in [-0.25, -0.2) is 9.78 Å². The molecular weight excluding hydrogens is 352 g/mol. The Balaban J connectivity index is 1.69. The lowest BCUT2D eigenvalue weighted by Gasteiger charge is -2.18. The van der Waals surface area contributed by atoms with Crippen LogP contribution in [0.15, 0.2) is 60.7 Å². The van der Waals surface area contributed by atoms with Crippen molar-refractivity contribution < 1.29 is 14.3 Å². The van der Waals surface area contributed by atoms with Crippen LogP contribution >= 0.6 is 0 Å². The lowest BCUT2D eigenvalue weighted by Crippen LogP contribution is -2.30. The Kier molecular flexibility index (Phi) is 6.04. The maximum atomic E-state index is 12.5. The topological polar surface area (TPSA) is 68.3 Å². The van der Waals surface area contributed by atoms with E-state index in [0.717, 1.165) is 23.1 Å². The molecule has 0 bridgehead atoms. The van der Waals surface area contributed by atoms with Gasteiger partial charge in [-0.05, 0) is 43.0 Å². The van der Waals surface area contributed by atoms with Crippen molar-refractivity contribution in [1.82, 2.24) is 4.98 Å². The summed E-state index contributed by atoms with van der Waals surface area (Å²) in [4.78, 5) is 29.3. The van der Waals surface area contributed by atoms with Crippen LogP contribution < -0.4 is 5.32 Å². The molecule has 0 aliphatic carbocycles. The smallest absolute Gasteiger partial charge is 0.357 e. The van der Waals surface area contributed by atoms with Gasteiger partial charge < -0.3 is 10.1 Å². The van der Waals surface area contributed by atoms with Gasteiger partial charge in [0.2, 0.25) is 0 Å². The summed E-state index contributed by atoms with van der Waals surface area (Å²) in [5.41, 5.74) is 2.69. The van der Waals surface area contributed by atoms with Crippen molar-refractivity contribution in [1.29, 1.82) is 0 Å². The second-order valence-corrected chi connectivity index (χ2v) is 6.82. The van der Waals surface area contributed by atoms with Crippen molar-refractivity contribution in [3.8, 4) is 0 Å². The summed E-state index contributed by atoms with van der Waals surface area (Å²) in [7, 11) is 0. The number of rotatable bonds is 6. The van der Waals surface area contributed by atoms with Gasteiger partial charge in [0, 0.05) is 11.1 Å². The number of carbonyl (C=O) groups excluding carboxylic acids is 2. The number of nitrogens with zero attached hydrogens (tertiary/aromatic N) is 1. The van der Waals surface area contributed by atoms with Crippen molar-refractivity contribution in [2.45, 2.75) is 39.2 Å². The van der Waals surface area contributed by atoms with Crippen LogP contribution in [-0.2, 0) is 9.53 Å². The predicted molar refractivity (Wildman–Crippen MR) is 110 cm³/mol. The Morgan fingerprint density at radius 1 is 1.00 bits per heavy atom. The van der Waals surface area contributed by atoms with Crippen LogP contribution in [-0.4, -0.2) is 23.0 Å². The maximum Gasteiger partial charge on any atom is 0.357 e. The van der Waals surface area contributed by atoms with E-state index in [-0.39, 0.29) is 11.6 Å². The van der Waals surface area contributed by atoms with Crippen LogP contribution in [0.3, 0.4) is 0 Å². The molecule has 0 fully saturated rings. The van der Waals surface area contributed by atoms with E-state index in [1.165, 1.54) is 0 Å². The first-order valence-electron chi connectivity index (χ1n) is 9.46. The number of hydrogen-bond donors (Lipinski definition) is 1. The molecule has 3 rings (SSSR count). The second kappa shape index (κ2) is 8.65. The van der Waals surface area contributed by atoms with Gasteiger partial charge in [0.15, 0.2) is 6.10 Å². The molecule has 1 N–H and O–H groups in total. The van der Waals surface area contributed by atoms with Gasteiger partial charge in [-0.1, -0.05) is 56.3 Å². The summed E-state index contributed by atoms with van der Waals surface area (Å²) >= 11 is 0. The molecule has 144 valence electrons.